The number of aliphatic imine (C=N–C) groups is 1. The zero-order valence-corrected chi connectivity index (χ0v) is 22.5. The highest BCUT2D eigenvalue weighted by Crippen LogP contribution is 2.40. The number of fused-ring (bicyclic) bond motifs is 1. The highest BCUT2D eigenvalue weighted by molar-refractivity contribution is 7.89. The maximum Gasteiger partial charge on any atom is 0.263 e. The van der Waals surface area contributed by atoms with Gasteiger partial charge in [0.05, 0.1) is 23.5 Å². The lowest BCUT2D eigenvalue weighted by atomic mass is 9.90. The Morgan fingerprint density at radius 3 is 2.53 bits per heavy atom. The number of likely N-dealkylation sites (N-methyl/N-ethyl adjacent to an activating group) is 1. The second-order valence-corrected chi connectivity index (χ2v) is 11.4. The van der Waals surface area contributed by atoms with Crippen molar-refractivity contribution < 1.29 is 18.0 Å². The SMILES string of the molecule is CONS(=O)(=O)c1cc2c(cc1Cl)NC(=O)C2C(=Nc1ccc(NC2CCN(C)C2)cc1)c1ccccc1. The van der Waals surface area contributed by atoms with Crippen molar-refractivity contribution in [2.24, 2.45) is 4.99 Å². The monoisotopic (exact) mass is 553 g/mol. The molecule has 11 heteroatoms. The van der Waals surface area contributed by atoms with E-state index in [0.717, 1.165) is 30.8 Å². The van der Waals surface area contributed by atoms with Gasteiger partial charge in [-0.1, -0.05) is 46.8 Å². The lowest BCUT2D eigenvalue weighted by Crippen LogP contribution is -2.24. The van der Waals surface area contributed by atoms with Crippen LogP contribution in [0.4, 0.5) is 17.1 Å². The zero-order chi connectivity index (χ0) is 26.9. The number of rotatable bonds is 8. The maximum absolute atomic E-state index is 13.3. The van der Waals surface area contributed by atoms with Crippen LogP contribution in [0.3, 0.4) is 0 Å². The topological polar surface area (TPSA) is 112 Å². The average molecular weight is 554 g/mol. The molecule has 0 radical (unpaired) electrons. The van der Waals surface area contributed by atoms with Crippen LogP contribution in [0.5, 0.6) is 0 Å². The molecule has 38 heavy (non-hydrogen) atoms. The fourth-order valence-corrected chi connectivity index (χ4v) is 6.23. The molecule has 2 unspecified atom stereocenters. The van der Waals surface area contributed by atoms with Crippen LogP contribution in [0.25, 0.3) is 0 Å². The Hall–Kier alpha value is -3.28. The Bertz CT molecular complexity index is 1480. The van der Waals surface area contributed by atoms with Crippen molar-refractivity contribution in [2.45, 2.75) is 23.3 Å². The summed E-state index contributed by atoms with van der Waals surface area (Å²) in [5.74, 6) is -1.18. The molecule has 1 saturated heterocycles. The number of likely N-dealkylation sites (tertiary alicyclic amines) is 1. The molecule has 0 spiro atoms. The highest BCUT2D eigenvalue weighted by Gasteiger charge is 2.37. The van der Waals surface area contributed by atoms with Crippen molar-refractivity contribution in [1.29, 1.82) is 0 Å². The lowest BCUT2D eigenvalue weighted by Gasteiger charge is -2.16. The quantitative estimate of drug-likeness (QED) is 0.285. The van der Waals surface area contributed by atoms with Crippen LogP contribution in [0.1, 0.15) is 23.5 Å². The average Bonchev–Trinajstić information content (AvgIpc) is 3.44. The van der Waals surface area contributed by atoms with E-state index in [-0.39, 0.29) is 15.8 Å². The molecule has 5 rings (SSSR count). The molecule has 1 amide bonds. The Labute approximate surface area is 226 Å². The Morgan fingerprint density at radius 2 is 1.87 bits per heavy atom. The first-order chi connectivity index (χ1) is 18.2. The minimum absolute atomic E-state index is 0.0380. The lowest BCUT2D eigenvalue weighted by molar-refractivity contribution is -0.115. The van der Waals surface area contributed by atoms with Gasteiger partial charge in [-0.2, -0.15) is 0 Å². The molecule has 198 valence electrons. The van der Waals surface area contributed by atoms with Gasteiger partial charge < -0.3 is 15.5 Å². The molecule has 2 aliphatic heterocycles. The number of anilines is 2. The summed E-state index contributed by atoms with van der Waals surface area (Å²) in [5, 5.41) is 6.34. The van der Waals surface area contributed by atoms with E-state index < -0.39 is 15.9 Å². The number of sulfonamides is 1. The second-order valence-electron chi connectivity index (χ2n) is 9.39. The summed E-state index contributed by atoms with van der Waals surface area (Å²) >= 11 is 6.27. The number of hydrogen-bond donors (Lipinski definition) is 3. The first-order valence-corrected chi connectivity index (χ1v) is 14.0. The number of nitrogens with zero attached hydrogens (tertiary/aromatic N) is 2. The molecule has 9 nitrogen and oxygen atoms in total. The third-order valence-electron chi connectivity index (χ3n) is 6.64. The Kier molecular flexibility index (Phi) is 7.51. The Balaban J connectivity index is 1.54. The number of hydrogen-bond acceptors (Lipinski definition) is 7. The number of carbonyl (C=O) groups is 1. The van der Waals surface area contributed by atoms with Crippen LogP contribution < -0.4 is 15.5 Å². The standard InChI is InChI=1S/C27H28ClN5O4S/c1-33-13-12-20(16-33)29-18-8-10-19(11-9-18)30-26(17-6-4-3-5-7-17)25-21-14-24(38(35,36)32-37-2)22(28)15-23(21)31-27(25)34/h3-11,14-15,20,25,29,32H,12-13,16H2,1-2H3,(H,31,34). The fourth-order valence-electron chi connectivity index (χ4n) is 4.86. The third-order valence-corrected chi connectivity index (χ3v) is 8.37. The van der Waals surface area contributed by atoms with Gasteiger partial charge in [0, 0.05) is 24.0 Å². The van der Waals surface area contributed by atoms with Gasteiger partial charge in [-0.15, -0.1) is 0 Å². The van der Waals surface area contributed by atoms with Gasteiger partial charge >= 0.3 is 0 Å². The number of halogens is 1. The summed E-state index contributed by atoms with van der Waals surface area (Å²) in [6, 6.07) is 20.3. The summed E-state index contributed by atoms with van der Waals surface area (Å²) in [7, 11) is -0.756. The third kappa shape index (κ3) is 5.45. The minimum atomic E-state index is -4.06. The van der Waals surface area contributed by atoms with Crippen LogP contribution in [0, 0.1) is 0 Å². The minimum Gasteiger partial charge on any atom is -0.381 e. The predicted octanol–water partition coefficient (Wildman–Crippen LogP) is 4.15. The van der Waals surface area contributed by atoms with Gasteiger partial charge in [-0.25, -0.2) is 8.42 Å². The maximum atomic E-state index is 13.3. The van der Waals surface area contributed by atoms with E-state index in [4.69, 9.17) is 16.6 Å². The molecule has 2 atom stereocenters. The van der Waals surface area contributed by atoms with E-state index in [1.54, 1.807) is 0 Å². The van der Waals surface area contributed by atoms with Gasteiger partial charge in [0.25, 0.3) is 10.0 Å². The second kappa shape index (κ2) is 10.8. The normalized spacial score (nSPS) is 19.9. The number of benzene rings is 3. The summed E-state index contributed by atoms with van der Waals surface area (Å²) in [5.41, 5.74) is 3.80. The Morgan fingerprint density at radius 1 is 1.13 bits per heavy atom. The van der Waals surface area contributed by atoms with Crippen LogP contribution in [0.2, 0.25) is 5.02 Å². The number of amides is 1. The van der Waals surface area contributed by atoms with Gasteiger partial charge in [-0.3, -0.25) is 14.6 Å². The fraction of sp³-hybridized carbons (Fsp3) is 0.259. The predicted molar refractivity (Wildman–Crippen MR) is 149 cm³/mol. The summed E-state index contributed by atoms with van der Waals surface area (Å²) in [4.78, 5) is 26.9. The summed E-state index contributed by atoms with van der Waals surface area (Å²) in [6.07, 6.45) is 1.09. The van der Waals surface area contributed by atoms with Crippen molar-refractivity contribution >= 4 is 50.3 Å². The molecule has 1 fully saturated rings. The van der Waals surface area contributed by atoms with Crippen molar-refractivity contribution in [3.8, 4) is 0 Å². The first kappa shape index (κ1) is 26.3. The summed E-state index contributed by atoms with van der Waals surface area (Å²) < 4.78 is 25.4. The first-order valence-electron chi connectivity index (χ1n) is 12.1. The smallest absolute Gasteiger partial charge is 0.263 e. The highest BCUT2D eigenvalue weighted by atomic mass is 35.5. The zero-order valence-electron chi connectivity index (χ0n) is 20.9. The molecule has 0 saturated carbocycles. The summed E-state index contributed by atoms with van der Waals surface area (Å²) in [6.45, 7) is 2.07. The van der Waals surface area contributed by atoms with Gasteiger partial charge in [0.15, 0.2) is 0 Å². The van der Waals surface area contributed by atoms with Gasteiger partial charge in [0.2, 0.25) is 5.91 Å². The van der Waals surface area contributed by atoms with Crippen molar-refractivity contribution in [2.75, 3.05) is 37.9 Å². The van der Waals surface area contributed by atoms with Crippen LogP contribution >= 0.6 is 11.6 Å². The van der Waals surface area contributed by atoms with Crippen molar-refractivity contribution in [1.82, 2.24) is 9.79 Å². The van der Waals surface area contributed by atoms with Crippen LogP contribution in [-0.2, 0) is 19.7 Å². The van der Waals surface area contributed by atoms with E-state index in [1.807, 2.05) is 59.5 Å². The molecule has 0 aromatic heterocycles. The van der Waals surface area contributed by atoms with Crippen LogP contribution in [-0.4, -0.2) is 58.2 Å². The number of nitrogens with one attached hydrogen (secondary N) is 3. The largest absolute Gasteiger partial charge is 0.381 e. The van der Waals surface area contributed by atoms with E-state index >= 15 is 0 Å². The molecule has 0 aliphatic carbocycles. The van der Waals surface area contributed by atoms with Gasteiger partial charge in [-0.05, 0) is 67.5 Å². The van der Waals surface area contributed by atoms with E-state index in [2.05, 4.69) is 27.4 Å². The molecule has 2 heterocycles. The van der Waals surface area contributed by atoms with Crippen molar-refractivity contribution in [3.05, 3.63) is 82.9 Å². The molecule has 3 aromatic rings. The molecule has 2 aliphatic rings. The molecule has 3 N–H and O–H groups in total. The number of carbonyl (C=O) groups excluding carboxylic acids is 1. The van der Waals surface area contributed by atoms with Crippen molar-refractivity contribution in [3.63, 3.8) is 0 Å². The van der Waals surface area contributed by atoms with Gasteiger partial charge in [0.1, 0.15) is 10.8 Å². The molecular formula is C27H28ClN5O4S. The van der Waals surface area contributed by atoms with Crippen LogP contribution in [0.15, 0.2) is 76.6 Å². The van der Waals surface area contributed by atoms with E-state index in [9.17, 15) is 13.2 Å². The van der Waals surface area contributed by atoms with E-state index in [1.165, 1.54) is 19.2 Å². The molecular weight excluding hydrogens is 526 g/mol. The molecule has 3 aromatic carbocycles. The molecule has 0 bridgehead atoms. The van der Waals surface area contributed by atoms with E-state index in [0.29, 0.717) is 28.7 Å².